The van der Waals surface area contributed by atoms with Crippen LogP contribution in [0.25, 0.3) is 0 Å². The molecule has 1 aromatic rings. The van der Waals surface area contributed by atoms with Crippen LogP contribution in [0.2, 0.25) is 0 Å². The molecule has 2 heteroatoms. The molecule has 0 atom stereocenters. The van der Waals surface area contributed by atoms with Gasteiger partial charge in [-0.25, -0.2) is 0 Å². The molecular formula is C13H18N2. The molecule has 2 N–H and O–H groups in total. The molecular weight excluding hydrogens is 184 g/mol. The van der Waals surface area contributed by atoms with Crippen LogP contribution in [0.15, 0.2) is 24.3 Å². The van der Waals surface area contributed by atoms with E-state index < -0.39 is 0 Å². The van der Waals surface area contributed by atoms with Crippen molar-refractivity contribution in [2.75, 3.05) is 10.6 Å². The molecule has 1 aromatic carbocycles. The molecule has 1 heterocycles. The molecule has 1 fully saturated rings. The molecule has 1 saturated carbocycles. The number of benzene rings is 1. The molecule has 0 amide bonds. The van der Waals surface area contributed by atoms with E-state index in [-0.39, 0.29) is 5.66 Å². The molecule has 0 aromatic heterocycles. The number of fused-ring (bicyclic) bond motifs is 1. The summed E-state index contributed by atoms with van der Waals surface area (Å²) < 4.78 is 0. The number of rotatable bonds is 0. The van der Waals surface area contributed by atoms with Crippen LogP contribution >= 0.6 is 0 Å². The highest BCUT2D eigenvalue weighted by molar-refractivity contribution is 5.75. The lowest BCUT2D eigenvalue weighted by atomic mass is 10.0. The minimum atomic E-state index is 0.167. The number of nitrogens with one attached hydrogen (secondary N) is 2. The molecule has 0 radical (unpaired) electrons. The summed E-state index contributed by atoms with van der Waals surface area (Å²) in [4.78, 5) is 0. The topological polar surface area (TPSA) is 24.1 Å². The summed E-state index contributed by atoms with van der Waals surface area (Å²) in [5, 5.41) is 7.36. The maximum Gasteiger partial charge on any atom is 0.108 e. The van der Waals surface area contributed by atoms with Crippen LogP contribution in [-0.4, -0.2) is 5.66 Å². The number of para-hydroxylation sites is 2. The van der Waals surface area contributed by atoms with Gasteiger partial charge in [-0.2, -0.15) is 0 Å². The fourth-order valence-electron chi connectivity index (χ4n) is 2.83. The maximum absolute atomic E-state index is 3.68. The van der Waals surface area contributed by atoms with E-state index in [0.29, 0.717) is 0 Å². The quantitative estimate of drug-likeness (QED) is 0.672. The van der Waals surface area contributed by atoms with E-state index in [1.807, 2.05) is 0 Å². The van der Waals surface area contributed by atoms with E-state index in [0.717, 1.165) is 0 Å². The fraction of sp³-hybridized carbons (Fsp3) is 0.538. The highest BCUT2D eigenvalue weighted by atomic mass is 15.3. The van der Waals surface area contributed by atoms with Gasteiger partial charge in [0.15, 0.2) is 0 Å². The number of hydrogen-bond acceptors (Lipinski definition) is 2. The third kappa shape index (κ3) is 1.58. The molecule has 1 aliphatic carbocycles. The molecule has 2 aliphatic rings. The average molecular weight is 202 g/mol. The van der Waals surface area contributed by atoms with Gasteiger partial charge >= 0.3 is 0 Å². The van der Waals surface area contributed by atoms with Gasteiger partial charge in [-0.05, 0) is 37.8 Å². The monoisotopic (exact) mass is 202 g/mol. The summed E-state index contributed by atoms with van der Waals surface area (Å²) in [6, 6.07) is 8.54. The van der Waals surface area contributed by atoms with E-state index in [1.165, 1.54) is 49.9 Å². The molecule has 0 unspecified atom stereocenters. The van der Waals surface area contributed by atoms with Crippen LogP contribution in [0.1, 0.15) is 38.5 Å². The van der Waals surface area contributed by atoms with Crippen molar-refractivity contribution < 1.29 is 0 Å². The summed E-state index contributed by atoms with van der Waals surface area (Å²) in [5.41, 5.74) is 2.72. The first-order valence-electron chi connectivity index (χ1n) is 6.03. The Bertz CT molecular complexity index is 324. The van der Waals surface area contributed by atoms with Gasteiger partial charge in [0.2, 0.25) is 0 Å². The van der Waals surface area contributed by atoms with Crippen molar-refractivity contribution in [1.82, 2.24) is 0 Å². The first-order chi connectivity index (χ1) is 7.38. The van der Waals surface area contributed by atoms with Gasteiger partial charge < -0.3 is 10.6 Å². The Balaban J connectivity index is 1.86. The summed E-state index contributed by atoms with van der Waals surface area (Å²) >= 11 is 0. The second-order valence-electron chi connectivity index (χ2n) is 4.79. The second-order valence-corrected chi connectivity index (χ2v) is 4.79. The largest absolute Gasteiger partial charge is 0.361 e. The van der Waals surface area contributed by atoms with Gasteiger partial charge in [0, 0.05) is 0 Å². The third-order valence-electron chi connectivity index (χ3n) is 3.63. The smallest absolute Gasteiger partial charge is 0.108 e. The standard InChI is InChI=1S/C13H18N2/c1-2-6-10-13(9-5-1)14-11-7-3-4-8-12(11)15-13/h3-4,7-8,14-15H,1-2,5-6,9-10H2. The molecule has 0 bridgehead atoms. The van der Waals surface area contributed by atoms with Gasteiger partial charge in [-0.1, -0.05) is 25.0 Å². The van der Waals surface area contributed by atoms with Crippen LogP contribution in [0, 0.1) is 0 Å². The first kappa shape index (κ1) is 9.08. The Hall–Kier alpha value is -1.18. The Morgan fingerprint density at radius 3 is 1.87 bits per heavy atom. The van der Waals surface area contributed by atoms with E-state index in [9.17, 15) is 0 Å². The van der Waals surface area contributed by atoms with Crippen LogP contribution in [0.3, 0.4) is 0 Å². The molecule has 80 valence electrons. The van der Waals surface area contributed by atoms with Crippen molar-refractivity contribution in [3.05, 3.63) is 24.3 Å². The van der Waals surface area contributed by atoms with Gasteiger partial charge in [0.1, 0.15) is 5.66 Å². The van der Waals surface area contributed by atoms with E-state index in [2.05, 4.69) is 34.9 Å². The van der Waals surface area contributed by atoms with E-state index in [4.69, 9.17) is 0 Å². The van der Waals surface area contributed by atoms with Crippen LogP contribution in [0.5, 0.6) is 0 Å². The van der Waals surface area contributed by atoms with E-state index in [1.54, 1.807) is 0 Å². The lowest BCUT2D eigenvalue weighted by Crippen LogP contribution is -2.41. The van der Waals surface area contributed by atoms with Crippen molar-refractivity contribution in [3.8, 4) is 0 Å². The molecule has 0 saturated heterocycles. The van der Waals surface area contributed by atoms with Crippen molar-refractivity contribution in [2.45, 2.75) is 44.2 Å². The highest BCUT2D eigenvalue weighted by Gasteiger charge is 2.35. The second kappa shape index (κ2) is 3.44. The zero-order chi connectivity index (χ0) is 10.1. The maximum atomic E-state index is 3.68. The Morgan fingerprint density at radius 2 is 1.33 bits per heavy atom. The highest BCUT2D eigenvalue weighted by Crippen LogP contribution is 2.40. The number of hydrogen-bond donors (Lipinski definition) is 2. The van der Waals surface area contributed by atoms with Gasteiger partial charge in [0.25, 0.3) is 0 Å². The predicted molar refractivity (Wildman–Crippen MR) is 64.1 cm³/mol. The lowest BCUT2D eigenvalue weighted by molar-refractivity contribution is 0.473. The normalized spacial score (nSPS) is 22.7. The summed E-state index contributed by atoms with van der Waals surface area (Å²) in [6.45, 7) is 0. The van der Waals surface area contributed by atoms with Crippen molar-refractivity contribution in [1.29, 1.82) is 0 Å². The number of anilines is 2. The molecule has 1 spiro atoms. The molecule has 3 rings (SSSR count). The minimum Gasteiger partial charge on any atom is -0.361 e. The molecule has 15 heavy (non-hydrogen) atoms. The van der Waals surface area contributed by atoms with Crippen LogP contribution in [-0.2, 0) is 0 Å². The van der Waals surface area contributed by atoms with Crippen molar-refractivity contribution in [3.63, 3.8) is 0 Å². The zero-order valence-corrected chi connectivity index (χ0v) is 9.05. The summed E-state index contributed by atoms with van der Waals surface area (Å²) in [6.07, 6.45) is 7.97. The van der Waals surface area contributed by atoms with Gasteiger partial charge in [0.05, 0.1) is 11.4 Å². The SMILES string of the molecule is c1ccc2c(c1)NC1(CCCCCC1)N2. The minimum absolute atomic E-state index is 0.167. The van der Waals surface area contributed by atoms with Gasteiger partial charge in [-0.15, -0.1) is 0 Å². The Kier molecular flexibility index (Phi) is 2.08. The molecule has 1 aliphatic heterocycles. The van der Waals surface area contributed by atoms with E-state index >= 15 is 0 Å². The van der Waals surface area contributed by atoms with Crippen molar-refractivity contribution in [2.24, 2.45) is 0 Å². The Labute approximate surface area is 91.1 Å². The van der Waals surface area contributed by atoms with Crippen LogP contribution < -0.4 is 10.6 Å². The summed E-state index contributed by atoms with van der Waals surface area (Å²) in [5.74, 6) is 0. The lowest BCUT2D eigenvalue weighted by Gasteiger charge is -2.29. The molecule has 2 nitrogen and oxygen atoms in total. The summed E-state index contributed by atoms with van der Waals surface area (Å²) in [7, 11) is 0. The predicted octanol–water partition coefficient (Wildman–Crippen LogP) is 3.57. The van der Waals surface area contributed by atoms with Crippen LogP contribution in [0.4, 0.5) is 11.4 Å². The fourth-order valence-corrected chi connectivity index (χ4v) is 2.83. The third-order valence-corrected chi connectivity index (χ3v) is 3.63. The van der Waals surface area contributed by atoms with Gasteiger partial charge in [-0.3, -0.25) is 0 Å². The average Bonchev–Trinajstić information content (AvgIpc) is 2.45. The van der Waals surface area contributed by atoms with Crippen molar-refractivity contribution >= 4 is 11.4 Å². The zero-order valence-electron chi connectivity index (χ0n) is 9.05. The first-order valence-corrected chi connectivity index (χ1v) is 6.03. The Morgan fingerprint density at radius 1 is 0.800 bits per heavy atom.